The van der Waals surface area contributed by atoms with Crippen LogP contribution in [0.15, 0.2) is 134 Å². The number of benzene rings is 5. The maximum Gasteiger partial charge on any atom is 0.146 e. The van der Waals surface area contributed by atoms with Crippen molar-refractivity contribution in [2.45, 2.75) is 20.8 Å². The predicted octanol–water partition coefficient (Wildman–Crippen LogP) is 11.0. The molecule has 0 N–H and O–H groups in total. The Kier molecular flexibility index (Phi) is 6.12. The molecule has 10 rings (SSSR count). The van der Waals surface area contributed by atoms with Crippen LogP contribution in [0.3, 0.4) is 0 Å². The molecule has 6 heteroatoms. The second kappa shape index (κ2) is 10.7. The smallest absolute Gasteiger partial charge is 0.146 e. The number of para-hydroxylation sites is 1. The van der Waals surface area contributed by atoms with E-state index in [1.54, 1.807) is 0 Å². The fraction of sp³-hybridized carbons (Fsp3) is 0.0682. The van der Waals surface area contributed by atoms with Gasteiger partial charge in [-0.1, -0.05) is 66.2 Å². The average Bonchev–Trinajstić information content (AvgIpc) is 3.78. The van der Waals surface area contributed by atoms with Gasteiger partial charge in [0.05, 0.1) is 23.1 Å². The van der Waals surface area contributed by atoms with E-state index in [0.29, 0.717) is 0 Å². The number of fused-ring (bicyclic) bond motifs is 12. The molecule has 5 heterocycles. The molecule has 50 heavy (non-hydrogen) atoms. The van der Waals surface area contributed by atoms with E-state index in [4.69, 9.17) is 19.7 Å². The van der Waals surface area contributed by atoms with Gasteiger partial charge in [0.2, 0.25) is 0 Å². The fourth-order valence-electron chi connectivity index (χ4n) is 7.87. The van der Waals surface area contributed by atoms with E-state index in [1.165, 1.54) is 27.6 Å². The Hall–Kier alpha value is -6.53. The van der Waals surface area contributed by atoms with Gasteiger partial charge in [-0.3, -0.25) is 8.80 Å². The van der Waals surface area contributed by atoms with Crippen molar-refractivity contribution >= 4 is 54.8 Å². The first-order valence-corrected chi connectivity index (χ1v) is 16.8. The lowest BCUT2D eigenvalue weighted by molar-refractivity contribution is 0.484. The molecule has 0 spiro atoms. The van der Waals surface area contributed by atoms with Crippen molar-refractivity contribution < 1.29 is 4.74 Å². The number of hydrogen-bond donors (Lipinski definition) is 0. The van der Waals surface area contributed by atoms with Gasteiger partial charge in [0.1, 0.15) is 28.4 Å². The minimum Gasteiger partial charge on any atom is -0.457 e. The monoisotopic (exact) mass is 645 g/mol. The van der Waals surface area contributed by atoms with Crippen LogP contribution >= 0.6 is 0 Å². The van der Waals surface area contributed by atoms with Crippen LogP contribution in [0, 0.1) is 20.8 Å². The van der Waals surface area contributed by atoms with Crippen LogP contribution in [-0.4, -0.2) is 23.8 Å². The van der Waals surface area contributed by atoms with Crippen molar-refractivity contribution in [3.8, 4) is 34.0 Å². The van der Waals surface area contributed by atoms with Crippen LogP contribution in [0.4, 0.5) is 0 Å². The van der Waals surface area contributed by atoms with E-state index in [0.717, 1.165) is 77.8 Å². The van der Waals surface area contributed by atoms with Gasteiger partial charge < -0.3 is 4.74 Å². The molecule has 5 aromatic heterocycles. The van der Waals surface area contributed by atoms with E-state index in [9.17, 15) is 0 Å². The molecular formula is C44H31N5O. The van der Waals surface area contributed by atoms with Crippen molar-refractivity contribution in [2.75, 3.05) is 0 Å². The van der Waals surface area contributed by atoms with Crippen LogP contribution in [-0.2, 0) is 0 Å². The summed E-state index contributed by atoms with van der Waals surface area (Å²) in [6, 6.07) is 40.0. The molecule has 0 aliphatic carbocycles. The van der Waals surface area contributed by atoms with Crippen molar-refractivity contribution in [3.63, 3.8) is 0 Å². The van der Waals surface area contributed by atoms with Gasteiger partial charge in [-0.25, -0.2) is 15.0 Å². The molecule has 0 aliphatic heterocycles. The van der Waals surface area contributed by atoms with Gasteiger partial charge in [-0.2, -0.15) is 0 Å². The summed E-state index contributed by atoms with van der Waals surface area (Å²) >= 11 is 0. The van der Waals surface area contributed by atoms with Gasteiger partial charge >= 0.3 is 0 Å². The SMILES string of the molecule is Cc1cc(C)c(-c2cn3c4ccccc4c4ccc(Oc5ccc6c7cccnc7n7c(-c8ccccc8)cnc7c6c5)cc4c3n2)c(C)c1. The summed E-state index contributed by atoms with van der Waals surface area (Å²) in [4.78, 5) is 15.0. The molecule has 5 aromatic carbocycles. The van der Waals surface area contributed by atoms with Crippen LogP contribution < -0.4 is 4.74 Å². The first-order chi connectivity index (χ1) is 24.5. The van der Waals surface area contributed by atoms with Crippen molar-refractivity contribution in [1.29, 1.82) is 0 Å². The summed E-state index contributed by atoms with van der Waals surface area (Å²) < 4.78 is 11.0. The van der Waals surface area contributed by atoms with Crippen LogP contribution in [0.1, 0.15) is 16.7 Å². The lowest BCUT2D eigenvalue weighted by Gasteiger charge is -2.13. The molecule has 0 saturated heterocycles. The summed E-state index contributed by atoms with van der Waals surface area (Å²) in [6.07, 6.45) is 5.95. The molecule has 0 aliphatic rings. The molecule has 0 atom stereocenters. The third kappa shape index (κ3) is 4.25. The Labute approximate surface area is 287 Å². The molecule has 0 bridgehead atoms. The molecular weight excluding hydrogens is 615 g/mol. The number of ether oxygens (including phenoxy) is 1. The molecule has 238 valence electrons. The Morgan fingerprint density at radius 2 is 1.22 bits per heavy atom. The fourth-order valence-corrected chi connectivity index (χ4v) is 7.87. The van der Waals surface area contributed by atoms with Crippen molar-refractivity contribution in [2.24, 2.45) is 0 Å². The third-order valence-electron chi connectivity index (χ3n) is 9.91. The van der Waals surface area contributed by atoms with E-state index >= 15 is 0 Å². The summed E-state index contributed by atoms with van der Waals surface area (Å²) in [7, 11) is 0. The second-order valence-electron chi connectivity index (χ2n) is 13.2. The minimum atomic E-state index is 0.734. The van der Waals surface area contributed by atoms with Crippen LogP contribution in [0.2, 0.25) is 0 Å². The third-order valence-corrected chi connectivity index (χ3v) is 9.91. The van der Waals surface area contributed by atoms with Crippen LogP contribution in [0.25, 0.3) is 77.3 Å². The highest BCUT2D eigenvalue weighted by Gasteiger charge is 2.18. The Morgan fingerprint density at radius 1 is 0.560 bits per heavy atom. The number of rotatable bonds is 4. The number of aryl methyl sites for hydroxylation is 3. The first-order valence-electron chi connectivity index (χ1n) is 16.8. The molecule has 0 unspecified atom stereocenters. The number of aromatic nitrogens is 5. The standard InChI is InChI=1S/C44H31N5O/c1-26-20-27(2)41(28(3)21-26)38-25-48-39-14-8-7-12-34(39)32-17-15-31(23-37(32)44(48)47-38)50-30-16-18-33-35-13-9-19-45-42(35)49-40(29-10-5-4-6-11-29)24-46-43(49)36(33)22-30/h4-25H,1-3H3. The number of hydrogen-bond acceptors (Lipinski definition) is 4. The highest BCUT2D eigenvalue weighted by atomic mass is 16.5. The van der Waals surface area contributed by atoms with E-state index in [1.807, 2.05) is 42.7 Å². The van der Waals surface area contributed by atoms with E-state index in [-0.39, 0.29) is 0 Å². The lowest BCUT2D eigenvalue weighted by atomic mass is 9.98. The quantitative estimate of drug-likeness (QED) is 0.179. The summed E-state index contributed by atoms with van der Waals surface area (Å²) in [5, 5.41) is 6.49. The number of pyridine rings is 3. The largest absolute Gasteiger partial charge is 0.457 e. The zero-order valence-corrected chi connectivity index (χ0v) is 27.8. The van der Waals surface area contributed by atoms with Gasteiger partial charge in [0.25, 0.3) is 0 Å². The van der Waals surface area contributed by atoms with E-state index < -0.39 is 0 Å². The van der Waals surface area contributed by atoms with Gasteiger partial charge in [0, 0.05) is 45.1 Å². The molecule has 0 fully saturated rings. The molecule has 0 radical (unpaired) electrons. The van der Waals surface area contributed by atoms with Gasteiger partial charge in [-0.05, 0) is 97.3 Å². The van der Waals surface area contributed by atoms with Crippen LogP contribution in [0.5, 0.6) is 11.5 Å². The molecule has 0 amide bonds. The normalized spacial score (nSPS) is 11.9. The Morgan fingerprint density at radius 3 is 2.00 bits per heavy atom. The molecule has 6 nitrogen and oxygen atoms in total. The molecule has 10 aromatic rings. The number of imidazole rings is 2. The predicted molar refractivity (Wildman–Crippen MR) is 203 cm³/mol. The average molecular weight is 646 g/mol. The topological polar surface area (TPSA) is 56.7 Å². The highest BCUT2D eigenvalue weighted by Crippen LogP contribution is 2.38. The Bertz CT molecular complexity index is 2970. The zero-order valence-electron chi connectivity index (χ0n) is 27.8. The minimum absolute atomic E-state index is 0.734. The molecule has 0 saturated carbocycles. The summed E-state index contributed by atoms with van der Waals surface area (Å²) in [5.41, 5.74) is 11.7. The summed E-state index contributed by atoms with van der Waals surface area (Å²) in [6.45, 7) is 6.49. The summed E-state index contributed by atoms with van der Waals surface area (Å²) in [5.74, 6) is 1.48. The Balaban J connectivity index is 1.15. The number of nitrogens with zero attached hydrogens (tertiary/aromatic N) is 5. The second-order valence-corrected chi connectivity index (χ2v) is 13.2. The maximum absolute atomic E-state index is 6.66. The first kappa shape index (κ1) is 28.5. The zero-order chi connectivity index (χ0) is 33.5. The van der Waals surface area contributed by atoms with Crippen molar-refractivity contribution in [3.05, 3.63) is 151 Å². The van der Waals surface area contributed by atoms with Crippen molar-refractivity contribution in [1.82, 2.24) is 23.8 Å². The van der Waals surface area contributed by atoms with Gasteiger partial charge in [0.15, 0.2) is 0 Å². The van der Waals surface area contributed by atoms with E-state index in [2.05, 4.69) is 121 Å². The maximum atomic E-state index is 6.66. The highest BCUT2D eigenvalue weighted by molar-refractivity contribution is 6.13. The lowest BCUT2D eigenvalue weighted by Crippen LogP contribution is -1.96. The van der Waals surface area contributed by atoms with Gasteiger partial charge in [-0.15, -0.1) is 0 Å².